The van der Waals surface area contributed by atoms with Gasteiger partial charge >= 0.3 is 0 Å². The zero-order valence-corrected chi connectivity index (χ0v) is 10.9. The van der Waals surface area contributed by atoms with Crippen molar-refractivity contribution in [2.45, 2.75) is 64.1 Å². The number of imidazole rings is 1. The number of nitrogens with one attached hydrogen (secondary N) is 1. The third kappa shape index (κ3) is 2.25. The first-order valence-electron chi connectivity index (χ1n) is 7.03. The molecule has 17 heavy (non-hydrogen) atoms. The Kier molecular flexibility index (Phi) is 2.95. The molecule has 0 amide bonds. The van der Waals surface area contributed by atoms with Crippen LogP contribution in [-0.2, 0) is 0 Å². The molecule has 1 saturated heterocycles. The van der Waals surface area contributed by atoms with Gasteiger partial charge in [-0.05, 0) is 51.9 Å². The Morgan fingerprint density at radius 3 is 2.88 bits per heavy atom. The molecule has 3 heteroatoms. The van der Waals surface area contributed by atoms with E-state index in [1.165, 1.54) is 37.8 Å². The zero-order valence-electron chi connectivity index (χ0n) is 10.9. The van der Waals surface area contributed by atoms with Crippen LogP contribution in [0.25, 0.3) is 0 Å². The van der Waals surface area contributed by atoms with E-state index in [9.17, 15) is 0 Å². The Morgan fingerprint density at radius 1 is 1.35 bits per heavy atom. The van der Waals surface area contributed by atoms with Gasteiger partial charge in [0.05, 0.1) is 12.0 Å². The van der Waals surface area contributed by atoms with Crippen molar-refractivity contribution in [1.29, 1.82) is 0 Å². The molecular weight excluding hydrogens is 210 g/mol. The summed E-state index contributed by atoms with van der Waals surface area (Å²) in [6.07, 6.45) is 10.8. The fourth-order valence-corrected chi connectivity index (χ4v) is 3.10. The Hall–Kier alpha value is -0.830. The summed E-state index contributed by atoms with van der Waals surface area (Å²) >= 11 is 0. The highest BCUT2D eigenvalue weighted by Gasteiger charge is 2.31. The lowest BCUT2D eigenvalue weighted by molar-refractivity contribution is 0.320. The van der Waals surface area contributed by atoms with E-state index in [0.717, 1.165) is 5.92 Å². The number of aromatic nitrogens is 2. The Balaban J connectivity index is 1.79. The van der Waals surface area contributed by atoms with E-state index in [1.807, 2.05) is 6.33 Å². The minimum Gasteiger partial charge on any atom is -0.330 e. The smallest absolute Gasteiger partial charge is 0.0951 e. The van der Waals surface area contributed by atoms with Gasteiger partial charge in [0.2, 0.25) is 0 Å². The SMILES string of the molecule is CC1CCCC(c2cncn2C(C)C2CC2)N1. The van der Waals surface area contributed by atoms with Gasteiger partial charge in [-0.3, -0.25) is 0 Å². The monoisotopic (exact) mass is 233 g/mol. The van der Waals surface area contributed by atoms with Crippen LogP contribution < -0.4 is 5.32 Å². The van der Waals surface area contributed by atoms with Crippen molar-refractivity contribution < 1.29 is 0 Å². The minimum atomic E-state index is 0.516. The molecule has 3 unspecified atom stereocenters. The molecule has 3 atom stereocenters. The Labute approximate surface area is 104 Å². The van der Waals surface area contributed by atoms with Crippen LogP contribution in [0, 0.1) is 5.92 Å². The first-order chi connectivity index (χ1) is 8.25. The van der Waals surface area contributed by atoms with Gasteiger partial charge in [0.1, 0.15) is 0 Å². The molecule has 0 bridgehead atoms. The lowest BCUT2D eigenvalue weighted by Crippen LogP contribution is -2.35. The first kappa shape index (κ1) is 11.3. The number of hydrogen-bond donors (Lipinski definition) is 1. The van der Waals surface area contributed by atoms with Gasteiger partial charge in [-0.1, -0.05) is 0 Å². The topological polar surface area (TPSA) is 29.9 Å². The molecular formula is C14H23N3. The highest BCUT2D eigenvalue weighted by molar-refractivity contribution is 5.09. The molecule has 1 N–H and O–H groups in total. The van der Waals surface area contributed by atoms with Crippen molar-refractivity contribution in [2.75, 3.05) is 0 Å². The Bertz CT molecular complexity index is 381. The van der Waals surface area contributed by atoms with E-state index in [-0.39, 0.29) is 0 Å². The van der Waals surface area contributed by atoms with Crippen LogP contribution in [0.3, 0.4) is 0 Å². The predicted molar refractivity (Wildman–Crippen MR) is 68.9 cm³/mol. The maximum atomic E-state index is 4.38. The summed E-state index contributed by atoms with van der Waals surface area (Å²) < 4.78 is 2.41. The molecule has 1 aliphatic carbocycles. The average Bonchev–Trinajstić information content (AvgIpc) is 3.05. The third-order valence-electron chi connectivity index (χ3n) is 4.41. The van der Waals surface area contributed by atoms with Gasteiger partial charge in [0.15, 0.2) is 0 Å². The molecule has 2 aliphatic rings. The predicted octanol–water partition coefficient (Wildman–Crippen LogP) is 3.06. The maximum absolute atomic E-state index is 4.38. The van der Waals surface area contributed by atoms with Gasteiger partial charge < -0.3 is 9.88 Å². The van der Waals surface area contributed by atoms with E-state index in [1.54, 1.807) is 0 Å². The number of piperidine rings is 1. The first-order valence-corrected chi connectivity index (χ1v) is 7.03. The van der Waals surface area contributed by atoms with E-state index >= 15 is 0 Å². The van der Waals surface area contributed by atoms with Crippen LogP contribution in [0.4, 0.5) is 0 Å². The molecule has 3 nitrogen and oxygen atoms in total. The highest BCUT2D eigenvalue weighted by Crippen LogP contribution is 2.40. The summed E-state index contributed by atoms with van der Waals surface area (Å²) in [6.45, 7) is 4.63. The molecule has 1 saturated carbocycles. The summed E-state index contributed by atoms with van der Waals surface area (Å²) in [7, 11) is 0. The van der Waals surface area contributed by atoms with E-state index in [2.05, 4.69) is 34.9 Å². The molecule has 1 aromatic rings. The molecule has 0 spiro atoms. The van der Waals surface area contributed by atoms with Crippen molar-refractivity contribution in [3.8, 4) is 0 Å². The van der Waals surface area contributed by atoms with Crippen LogP contribution >= 0.6 is 0 Å². The molecule has 0 radical (unpaired) electrons. The van der Waals surface area contributed by atoms with Crippen molar-refractivity contribution in [2.24, 2.45) is 5.92 Å². The molecule has 94 valence electrons. The van der Waals surface area contributed by atoms with Crippen molar-refractivity contribution in [3.63, 3.8) is 0 Å². The normalized spacial score (nSPS) is 31.4. The number of rotatable bonds is 3. The second kappa shape index (κ2) is 4.45. The molecule has 2 heterocycles. The highest BCUT2D eigenvalue weighted by atomic mass is 15.1. The standard InChI is InChI=1S/C14H23N3/c1-10-4-3-5-13(16-10)14-8-15-9-17(14)11(2)12-6-7-12/h8-13,16H,3-7H2,1-2H3. The summed E-state index contributed by atoms with van der Waals surface area (Å²) in [6, 6.07) is 1.79. The molecule has 0 aromatic carbocycles. The quantitative estimate of drug-likeness (QED) is 0.869. The molecule has 1 aliphatic heterocycles. The van der Waals surface area contributed by atoms with Crippen LogP contribution in [0.15, 0.2) is 12.5 Å². The second-order valence-electron chi connectivity index (χ2n) is 5.86. The van der Waals surface area contributed by atoms with Crippen LogP contribution in [-0.4, -0.2) is 15.6 Å². The average molecular weight is 233 g/mol. The van der Waals surface area contributed by atoms with E-state index < -0.39 is 0 Å². The van der Waals surface area contributed by atoms with Gasteiger partial charge in [-0.2, -0.15) is 0 Å². The summed E-state index contributed by atoms with van der Waals surface area (Å²) in [4.78, 5) is 4.38. The number of hydrogen-bond acceptors (Lipinski definition) is 2. The lowest BCUT2D eigenvalue weighted by atomic mass is 9.97. The van der Waals surface area contributed by atoms with Crippen molar-refractivity contribution in [3.05, 3.63) is 18.2 Å². The van der Waals surface area contributed by atoms with Gasteiger partial charge in [0.25, 0.3) is 0 Å². The summed E-state index contributed by atoms with van der Waals surface area (Å²) in [5.41, 5.74) is 1.40. The van der Waals surface area contributed by atoms with Gasteiger partial charge in [0, 0.05) is 24.3 Å². The van der Waals surface area contributed by atoms with Crippen molar-refractivity contribution in [1.82, 2.24) is 14.9 Å². The number of nitrogens with zero attached hydrogens (tertiary/aromatic N) is 2. The second-order valence-corrected chi connectivity index (χ2v) is 5.86. The summed E-state index contributed by atoms with van der Waals surface area (Å²) in [5.74, 6) is 0.893. The lowest BCUT2D eigenvalue weighted by Gasteiger charge is -2.30. The van der Waals surface area contributed by atoms with Gasteiger partial charge in [-0.15, -0.1) is 0 Å². The van der Waals surface area contributed by atoms with Crippen LogP contribution in [0.5, 0.6) is 0 Å². The van der Waals surface area contributed by atoms with Crippen molar-refractivity contribution >= 4 is 0 Å². The molecule has 3 rings (SSSR count). The van der Waals surface area contributed by atoms with Crippen LogP contribution in [0.2, 0.25) is 0 Å². The summed E-state index contributed by atoms with van der Waals surface area (Å²) in [5, 5.41) is 3.71. The molecule has 1 aromatic heterocycles. The Morgan fingerprint density at radius 2 is 2.18 bits per heavy atom. The third-order valence-corrected chi connectivity index (χ3v) is 4.41. The maximum Gasteiger partial charge on any atom is 0.0951 e. The van der Waals surface area contributed by atoms with Crippen LogP contribution in [0.1, 0.15) is 63.7 Å². The fraction of sp³-hybridized carbons (Fsp3) is 0.786. The van der Waals surface area contributed by atoms with E-state index in [4.69, 9.17) is 0 Å². The fourth-order valence-electron chi connectivity index (χ4n) is 3.10. The van der Waals surface area contributed by atoms with Gasteiger partial charge in [-0.25, -0.2) is 4.98 Å². The van der Waals surface area contributed by atoms with E-state index in [0.29, 0.717) is 18.1 Å². The molecule has 2 fully saturated rings. The minimum absolute atomic E-state index is 0.516. The largest absolute Gasteiger partial charge is 0.330 e. The zero-order chi connectivity index (χ0) is 11.8.